The van der Waals surface area contributed by atoms with Crippen LogP contribution in [-0.2, 0) is 12.4 Å². The number of halogens is 6. The van der Waals surface area contributed by atoms with Gasteiger partial charge in [0.2, 0.25) is 0 Å². The number of rotatable bonds is 4. The lowest BCUT2D eigenvalue weighted by atomic mass is 9.95. The van der Waals surface area contributed by atoms with E-state index in [1.807, 2.05) is 0 Å². The Morgan fingerprint density at radius 1 is 0.758 bits per heavy atom. The number of alkyl halides is 6. The van der Waals surface area contributed by atoms with Crippen molar-refractivity contribution < 1.29 is 31.1 Å². The van der Waals surface area contributed by atoms with Gasteiger partial charge in [-0.15, -0.1) is 0 Å². The Bertz CT molecular complexity index is 1260. The molecular weight excluding hydrogens is 450 g/mol. The molecule has 0 amide bonds. The second-order valence-electron chi connectivity index (χ2n) is 6.94. The smallest absolute Gasteiger partial charge is 0.416 e. The van der Waals surface area contributed by atoms with Crippen molar-refractivity contribution in [3.63, 3.8) is 0 Å². The van der Waals surface area contributed by atoms with E-state index in [2.05, 4.69) is 20.4 Å². The second-order valence-corrected chi connectivity index (χ2v) is 6.94. The van der Waals surface area contributed by atoms with Crippen LogP contribution >= 0.6 is 0 Å². The summed E-state index contributed by atoms with van der Waals surface area (Å²) in [7, 11) is 1.47. The summed E-state index contributed by atoms with van der Waals surface area (Å²) in [5.74, 6) is 0.508. The molecule has 0 atom stereocenters. The summed E-state index contributed by atoms with van der Waals surface area (Å²) in [4.78, 5) is 4.05. The lowest BCUT2D eigenvalue weighted by Gasteiger charge is -2.15. The molecule has 2 aromatic heterocycles. The minimum atomic E-state index is -4.99. The Morgan fingerprint density at radius 3 is 2.03 bits per heavy atom. The van der Waals surface area contributed by atoms with Gasteiger partial charge in [-0.2, -0.15) is 41.8 Å². The number of ether oxygens (including phenoxy) is 1. The lowest BCUT2D eigenvalue weighted by Crippen LogP contribution is -2.11. The molecule has 170 valence electrons. The average Bonchev–Trinajstić information content (AvgIpc) is 3.27. The van der Waals surface area contributed by atoms with Gasteiger partial charge in [-0.1, -0.05) is 18.2 Å². The monoisotopic (exact) mass is 464 g/mol. The van der Waals surface area contributed by atoms with Crippen molar-refractivity contribution in [1.29, 1.82) is 0 Å². The van der Waals surface area contributed by atoms with E-state index in [0.29, 0.717) is 34.6 Å². The van der Waals surface area contributed by atoms with Crippen LogP contribution in [0.25, 0.3) is 33.6 Å². The molecule has 0 aliphatic rings. The van der Waals surface area contributed by atoms with E-state index < -0.39 is 29.0 Å². The molecule has 0 unspecified atom stereocenters. The van der Waals surface area contributed by atoms with E-state index in [1.54, 1.807) is 30.3 Å². The van der Waals surface area contributed by atoms with Gasteiger partial charge in [0.05, 0.1) is 18.2 Å². The van der Waals surface area contributed by atoms with E-state index in [4.69, 9.17) is 4.74 Å². The Hall–Kier alpha value is -3.89. The van der Waals surface area contributed by atoms with E-state index in [1.165, 1.54) is 19.5 Å². The lowest BCUT2D eigenvalue weighted by molar-refractivity contribution is -0.143. The summed E-state index contributed by atoms with van der Waals surface area (Å²) < 4.78 is 85.4. The van der Waals surface area contributed by atoms with Gasteiger partial charge in [-0.3, -0.25) is 4.98 Å². The molecule has 2 heterocycles. The van der Waals surface area contributed by atoms with Crippen LogP contribution in [0.5, 0.6) is 5.75 Å². The Morgan fingerprint density at radius 2 is 1.39 bits per heavy atom. The molecule has 0 saturated heterocycles. The molecule has 0 radical (unpaired) electrons. The number of para-hydroxylation sites is 1. The minimum Gasteiger partial charge on any atom is -0.496 e. The third kappa shape index (κ3) is 4.38. The number of hydrogen-bond donors (Lipinski definition) is 1. The summed E-state index contributed by atoms with van der Waals surface area (Å²) in [6.07, 6.45) is -7.08. The van der Waals surface area contributed by atoms with Crippen LogP contribution in [0.1, 0.15) is 11.1 Å². The summed E-state index contributed by atoms with van der Waals surface area (Å²) in [6, 6.07) is 9.90. The fourth-order valence-electron chi connectivity index (χ4n) is 3.40. The van der Waals surface area contributed by atoms with Crippen molar-refractivity contribution >= 4 is 0 Å². The molecule has 0 spiro atoms. The van der Waals surface area contributed by atoms with Gasteiger partial charge in [0, 0.05) is 29.1 Å². The topological polar surface area (TPSA) is 63.7 Å². The first-order valence-corrected chi connectivity index (χ1v) is 9.38. The molecule has 4 aromatic rings. The van der Waals surface area contributed by atoms with Gasteiger partial charge in [0.1, 0.15) is 17.1 Å². The molecule has 4 rings (SSSR count). The average molecular weight is 464 g/mol. The van der Waals surface area contributed by atoms with Crippen LogP contribution in [0, 0.1) is 0 Å². The maximum atomic E-state index is 13.3. The van der Waals surface area contributed by atoms with Crippen molar-refractivity contribution in [2.75, 3.05) is 7.11 Å². The zero-order valence-electron chi connectivity index (χ0n) is 16.8. The predicted octanol–water partition coefficient (Wildman–Crippen LogP) is 6.25. The molecule has 2 aromatic carbocycles. The van der Waals surface area contributed by atoms with Crippen LogP contribution in [0.2, 0.25) is 0 Å². The van der Waals surface area contributed by atoms with Gasteiger partial charge >= 0.3 is 12.4 Å². The summed E-state index contributed by atoms with van der Waals surface area (Å²) >= 11 is 0. The fourth-order valence-corrected chi connectivity index (χ4v) is 3.40. The zero-order chi connectivity index (χ0) is 23.8. The molecule has 0 fully saturated rings. The molecule has 0 bridgehead atoms. The van der Waals surface area contributed by atoms with Crippen molar-refractivity contribution in [2.24, 2.45) is 0 Å². The highest BCUT2D eigenvalue weighted by molar-refractivity contribution is 5.89. The van der Waals surface area contributed by atoms with Crippen LogP contribution in [-0.4, -0.2) is 27.5 Å². The SMILES string of the molecule is COc1ccccc1-c1ccncc1-c1n[nH]nc1-c1cc(C(F)(F)F)cc(C(F)(F)F)c1. The highest BCUT2D eigenvalue weighted by Crippen LogP contribution is 2.42. The first-order valence-electron chi connectivity index (χ1n) is 9.38. The molecule has 33 heavy (non-hydrogen) atoms. The Labute approximate surface area is 183 Å². The second kappa shape index (κ2) is 8.23. The maximum Gasteiger partial charge on any atom is 0.416 e. The number of pyridine rings is 1. The van der Waals surface area contributed by atoms with Gasteiger partial charge in [0.25, 0.3) is 0 Å². The van der Waals surface area contributed by atoms with E-state index in [0.717, 1.165) is 0 Å². The number of nitrogens with one attached hydrogen (secondary N) is 1. The molecule has 11 heteroatoms. The third-order valence-corrected chi connectivity index (χ3v) is 4.88. The Balaban J connectivity index is 1.93. The van der Waals surface area contributed by atoms with Gasteiger partial charge in [-0.05, 0) is 35.9 Å². The minimum absolute atomic E-state index is 0.0384. The standard InChI is InChI=1S/C22H14F6N4O/c1-33-18-5-3-2-4-16(18)15-6-7-29-11-17(15)20-19(30-32-31-20)12-8-13(21(23,24)25)10-14(9-12)22(26,27)28/h2-11H,1H3,(H,30,31,32). The number of hydrogen-bond acceptors (Lipinski definition) is 4. The van der Waals surface area contributed by atoms with Crippen molar-refractivity contribution in [3.8, 4) is 39.4 Å². The van der Waals surface area contributed by atoms with E-state index >= 15 is 0 Å². The Kier molecular flexibility index (Phi) is 5.56. The van der Waals surface area contributed by atoms with Gasteiger partial charge in [0.15, 0.2) is 0 Å². The zero-order valence-corrected chi connectivity index (χ0v) is 16.8. The number of aromatic amines is 1. The summed E-state index contributed by atoms with van der Waals surface area (Å²) in [5, 5.41) is 10.2. The normalized spacial score (nSPS) is 12.1. The highest BCUT2D eigenvalue weighted by Gasteiger charge is 2.37. The molecule has 0 aliphatic heterocycles. The quantitative estimate of drug-likeness (QED) is 0.363. The van der Waals surface area contributed by atoms with Gasteiger partial charge in [-0.25, -0.2) is 0 Å². The molecule has 0 aliphatic carbocycles. The molecular formula is C22H14F6N4O. The first-order chi connectivity index (χ1) is 15.6. The molecule has 0 saturated carbocycles. The number of H-pyrrole nitrogens is 1. The summed E-state index contributed by atoms with van der Waals surface area (Å²) in [5.41, 5.74) is -1.90. The largest absolute Gasteiger partial charge is 0.496 e. The fraction of sp³-hybridized carbons (Fsp3) is 0.136. The van der Waals surface area contributed by atoms with E-state index in [-0.39, 0.29) is 17.5 Å². The number of aromatic nitrogens is 4. The number of methoxy groups -OCH3 is 1. The number of benzene rings is 2. The van der Waals surface area contributed by atoms with Crippen molar-refractivity contribution in [1.82, 2.24) is 20.4 Å². The van der Waals surface area contributed by atoms with Gasteiger partial charge < -0.3 is 4.74 Å². The van der Waals surface area contributed by atoms with Crippen LogP contribution < -0.4 is 4.74 Å². The van der Waals surface area contributed by atoms with Crippen LogP contribution in [0.4, 0.5) is 26.3 Å². The first kappa shape index (κ1) is 22.3. The number of nitrogens with zero attached hydrogens (tertiary/aromatic N) is 3. The predicted molar refractivity (Wildman–Crippen MR) is 107 cm³/mol. The van der Waals surface area contributed by atoms with Crippen molar-refractivity contribution in [3.05, 3.63) is 72.1 Å². The van der Waals surface area contributed by atoms with Crippen molar-refractivity contribution in [2.45, 2.75) is 12.4 Å². The maximum absolute atomic E-state index is 13.3. The van der Waals surface area contributed by atoms with E-state index in [9.17, 15) is 26.3 Å². The molecule has 1 N–H and O–H groups in total. The van der Waals surface area contributed by atoms with Crippen LogP contribution in [0.3, 0.4) is 0 Å². The van der Waals surface area contributed by atoms with Crippen LogP contribution in [0.15, 0.2) is 60.9 Å². The highest BCUT2D eigenvalue weighted by atomic mass is 19.4. The third-order valence-electron chi connectivity index (χ3n) is 4.88. The molecule has 5 nitrogen and oxygen atoms in total. The summed E-state index contributed by atoms with van der Waals surface area (Å²) in [6.45, 7) is 0.